The number of nitrogens with zero attached hydrogens (tertiary/aromatic N) is 1. The van der Waals surface area contributed by atoms with Gasteiger partial charge in [-0.1, -0.05) is 0 Å². The van der Waals surface area contributed by atoms with E-state index in [0.29, 0.717) is 0 Å². The van der Waals surface area contributed by atoms with Crippen LogP contribution in [0.5, 0.6) is 0 Å². The van der Waals surface area contributed by atoms with Crippen molar-refractivity contribution in [2.24, 2.45) is 11.3 Å². The highest BCUT2D eigenvalue weighted by Crippen LogP contribution is 2.38. The minimum absolute atomic E-state index is 0.0393. The van der Waals surface area contributed by atoms with Crippen LogP contribution in [0.1, 0.15) is 20.3 Å². The average Bonchev–Trinajstić information content (AvgIpc) is 2.59. The van der Waals surface area contributed by atoms with Crippen molar-refractivity contribution in [1.82, 2.24) is 10.2 Å². The molecule has 2 heterocycles. The van der Waals surface area contributed by atoms with Gasteiger partial charge in [0.1, 0.15) is 0 Å². The first-order valence-corrected chi connectivity index (χ1v) is 6.28. The van der Waals surface area contributed by atoms with Gasteiger partial charge >= 0.3 is 5.97 Å². The maximum atomic E-state index is 13.5. The predicted octanol–water partition coefficient (Wildman–Crippen LogP) is 0.553. The quantitative estimate of drug-likeness (QED) is 0.790. The first kappa shape index (κ1) is 14.2. The normalized spacial score (nSPS) is 30.3. The Morgan fingerprint density at radius 3 is 2.79 bits per heavy atom. The van der Waals surface area contributed by atoms with Gasteiger partial charge in [0, 0.05) is 13.1 Å². The summed E-state index contributed by atoms with van der Waals surface area (Å²) in [5.74, 6) is -5.24. The zero-order valence-electron chi connectivity index (χ0n) is 10.9. The Kier molecular flexibility index (Phi) is 3.28. The van der Waals surface area contributed by atoms with Gasteiger partial charge in [0.25, 0.3) is 5.92 Å². The second-order valence-corrected chi connectivity index (χ2v) is 5.96. The lowest BCUT2D eigenvalue weighted by Gasteiger charge is -2.38. The lowest BCUT2D eigenvalue weighted by atomic mass is 9.86. The number of rotatable bonds is 3. The van der Waals surface area contributed by atoms with Gasteiger partial charge < -0.3 is 10.0 Å². The van der Waals surface area contributed by atoms with Crippen LogP contribution >= 0.6 is 0 Å². The third-order valence-electron chi connectivity index (χ3n) is 3.96. The molecule has 108 valence electrons. The Morgan fingerprint density at radius 2 is 2.21 bits per heavy atom. The number of aliphatic carboxylic acids is 1. The maximum Gasteiger partial charge on any atom is 0.310 e. The third kappa shape index (κ3) is 2.43. The molecule has 2 N–H and O–H groups in total. The number of amides is 1. The summed E-state index contributed by atoms with van der Waals surface area (Å²) in [6.07, 6.45) is 0.201. The second-order valence-electron chi connectivity index (χ2n) is 5.96. The zero-order chi connectivity index (χ0) is 14.4. The standard InChI is InChI=1S/C12H18F2N2O3/c1-11(2,10(18)19)6-16-4-3-7-8(9(16)17)15-5-12(7,13)14/h7-8,15H,3-6H2,1-2H3,(H,18,19)/t7-,8-/m0/s1. The molecule has 0 unspecified atom stereocenters. The van der Waals surface area contributed by atoms with Crippen LogP contribution in [-0.2, 0) is 9.59 Å². The highest BCUT2D eigenvalue weighted by atomic mass is 19.3. The van der Waals surface area contributed by atoms with E-state index >= 15 is 0 Å². The predicted molar refractivity (Wildman–Crippen MR) is 62.8 cm³/mol. The molecule has 0 aromatic rings. The highest BCUT2D eigenvalue weighted by molar-refractivity contribution is 5.84. The first-order valence-electron chi connectivity index (χ1n) is 6.28. The molecule has 2 saturated heterocycles. The fourth-order valence-electron chi connectivity index (χ4n) is 2.70. The fraction of sp³-hybridized carbons (Fsp3) is 0.833. The molecule has 0 saturated carbocycles. The number of carboxylic acids is 1. The van der Waals surface area contributed by atoms with Gasteiger partial charge in [-0.05, 0) is 20.3 Å². The second kappa shape index (κ2) is 4.40. The van der Waals surface area contributed by atoms with Crippen LogP contribution in [0.4, 0.5) is 8.78 Å². The third-order valence-corrected chi connectivity index (χ3v) is 3.96. The van der Waals surface area contributed by atoms with Gasteiger partial charge in [0.2, 0.25) is 5.91 Å². The van der Waals surface area contributed by atoms with Gasteiger partial charge in [0.15, 0.2) is 0 Å². The van der Waals surface area contributed by atoms with E-state index in [-0.39, 0.29) is 19.5 Å². The number of fused-ring (bicyclic) bond motifs is 1. The Hall–Kier alpha value is -1.24. The lowest BCUT2D eigenvalue weighted by molar-refractivity contribution is -0.152. The first-order chi connectivity index (χ1) is 8.65. The van der Waals surface area contributed by atoms with Crippen LogP contribution < -0.4 is 5.32 Å². The SMILES string of the molecule is CC(C)(CN1CC[C@H]2[C@H](NCC2(F)F)C1=O)C(=O)O. The van der Waals surface area contributed by atoms with Crippen LogP contribution in [0.3, 0.4) is 0 Å². The molecule has 7 heteroatoms. The summed E-state index contributed by atoms with van der Waals surface area (Å²) in [4.78, 5) is 24.6. The summed E-state index contributed by atoms with van der Waals surface area (Å²) >= 11 is 0. The molecule has 0 aromatic heterocycles. The molecule has 2 atom stereocenters. The molecular formula is C12H18F2N2O3. The molecule has 2 fully saturated rings. The maximum absolute atomic E-state index is 13.5. The number of piperidine rings is 1. The molecular weight excluding hydrogens is 258 g/mol. The molecule has 0 bridgehead atoms. The van der Waals surface area contributed by atoms with E-state index in [0.717, 1.165) is 0 Å². The number of nitrogens with one attached hydrogen (secondary N) is 1. The number of hydrogen-bond acceptors (Lipinski definition) is 3. The van der Waals surface area contributed by atoms with E-state index < -0.39 is 41.7 Å². The van der Waals surface area contributed by atoms with Crippen LogP contribution in [-0.4, -0.2) is 53.5 Å². The Labute approximate surface area is 109 Å². The van der Waals surface area contributed by atoms with E-state index in [1.54, 1.807) is 0 Å². The van der Waals surface area contributed by atoms with E-state index in [9.17, 15) is 18.4 Å². The van der Waals surface area contributed by atoms with Crippen molar-refractivity contribution in [3.8, 4) is 0 Å². The zero-order valence-corrected chi connectivity index (χ0v) is 10.9. The number of likely N-dealkylation sites (tertiary alicyclic amines) is 1. The van der Waals surface area contributed by atoms with Crippen molar-refractivity contribution >= 4 is 11.9 Å². The number of halogens is 2. The largest absolute Gasteiger partial charge is 0.481 e. The van der Waals surface area contributed by atoms with Gasteiger partial charge in [-0.25, -0.2) is 8.78 Å². The van der Waals surface area contributed by atoms with Crippen LogP contribution in [0.25, 0.3) is 0 Å². The van der Waals surface area contributed by atoms with Crippen molar-refractivity contribution < 1.29 is 23.5 Å². The van der Waals surface area contributed by atoms with E-state index in [1.807, 2.05) is 0 Å². The molecule has 0 aliphatic carbocycles. The molecule has 2 rings (SSSR count). The molecule has 5 nitrogen and oxygen atoms in total. The van der Waals surface area contributed by atoms with Crippen molar-refractivity contribution in [3.63, 3.8) is 0 Å². The fourth-order valence-corrected chi connectivity index (χ4v) is 2.70. The van der Waals surface area contributed by atoms with E-state index in [2.05, 4.69) is 5.32 Å². The topological polar surface area (TPSA) is 69.6 Å². The Morgan fingerprint density at radius 1 is 1.58 bits per heavy atom. The van der Waals surface area contributed by atoms with Gasteiger partial charge in [0.05, 0.1) is 23.9 Å². The number of carbonyl (C=O) groups is 2. The van der Waals surface area contributed by atoms with E-state index in [4.69, 9.17) is 5.11 Å². The van der Waals surface area contributed by atoms with Gasteiger partial charge in [-0.3, -0.25) is 14.9 Å². The molecule has 0 aromatic carbocycles. The lowest BCUT2D eigenvalue weighted by Crippen LogP contribution is -2.55. The molecule has 1 amide bonds. The van der Waals surface area contributed by atoms with Crippen LogP contribution in [0.15, 0.2) is 0 Å². The average molecular weight is 276 g/mol. The molecule has 2 aliphatic heterocycles. The number of hydrogen-bond donors (Lipinski definition) is 2. The van der Waals surface area contributed by atoms with Crippen LogP contribution in [0.2, 0.25) is 0 Å². The molecule has 0 radical (unpaired) electrons. The molecule has 2 aliphatic rings. The van der Waals surface area contributed by atoms with Crippen molar-refractivity contribution in [3.05, 3.63) is 0 Å². The summed E-state index contributed by atoms with van der Waals surface area (Å²) < 4.78 is 27.0. The van der Waals surface area contributed by atoms with Gasteiger partial charge in [-0.2, -0.15) is 0 Å². The minimum atomic E-state index is -2.85. The van der Waals surface area contributed by atoms with Crippen molar-refractivity contribution in [1.29, 1.82) is 0 Å². The Balaban J connectivity index is 2.08. The molecule has 0 spiro atoms. The van der Waals surface area contributed by atoms with Gasteiger partial charge in [-0.15, -0.1) is 0 Å². The number of carbonyl (C=O) groups excluding carboxylic acids is 1. The minimum Gasteiger partial charge on any atom is -0.481 e. The smallest absolute Gasteiger partial charge is 0.310 e. The van der Waals surface area contributed by atoms with Crippen LogP contribution in [0, 0.1) is 11.3 Å². The summed E-state index contributed by atoms with van der Waals surface area (Å²) in [6, 6.07) is -0.881. The monoisotopic (exact) mass is 276 g/mol. The number of carboxylic acid groups (broad SMARTS) is 1. The summed E-state index contributed by atoms with van der Waals surface area (Å²) in [6.45, 7) is 2.78. The number of alkyl halides is 2. The van der Waals surface area contributed by atoms with Crippen molar-refractivity contribution in [2.75, 3.05) is 19.6 Å². The Bertz CT molecular complexity index is 412. The van der Waals surface area contributed by atoms with Crippen molar-refractivity contribution in [2.45, 2.75) is 32.2 Å². The summed E-state index contributed by atoms with van der Waals surface area (Å²) in [5, 5.41) is 11.6. The summed E-state index contributed by atoms with van der Waals surface area (Å²) in [7, 11) is 0. The molecule has 19 heavy (non-hydrogen) atoms. The highest BCUT2D eigenvalue weighted by Gasteiger charge is 2.55. The summed E-state index contributed by atoms with van der Waals surface area (Å²) in [5.41, 5.74) is -1.08. The van der Waals surface area contributed by atoms with E-state index in [1.165, 1.54) is 18.7 Å².